The van der Waals surface area contributed by atoms with Crippen molar-refractivity contribution in [1.29, 1.82) is 0 Å². The number of nitrogens with one attached hydrogen (secondary N) is 1. The number of anilines is 2. The summed E-state index contributed by atoms with van der Waals surface area (Å²) in [5.74, 6) is -1.17. The molecule has 0 fully saturated rings. The molecular weight excluding hydrogens is 476 g/mol. The summed E-state index contributed by atoms with van der Waals surface area (Å²) in [4.78, 5) is 25.9. The number of rotatable bonds is 3. The summed E-state index contributed by atoms with van der Waals surface area (Å²) in [6, 6.07) is 3.54. The van der Waals surface area contributed by atoms with E-state index < -0.39 is 11.7 Å². The van der Waals surface area contributed by atoms with Crippen molar-refractivity contribution >= 4 is 75.4 Å². The van der Waals surface area contributed by atoms with Gasteiger partial charge in [0.2, 0.25) is 10.6 Å². The second-order valence-electron chi connectivity index (χ2n) is 4.79. The molecule has 0 saturated carbocycles. The number of hydrogen-bond donors (Lipinski definition) is 2. The van der Waals surface area contributed by atoms with Gasteiger partial charge < -0.3 is 11.1 Å². The summed E-state index contributed by atoms with van der Waals surface area (Å²) < 4.78 is 13.1. The van der Waals surface area contributed by atoms with Crippen LogP contribution >= 0.6 is 58.0 Å². The molecule has 0 saturated heterocycles. The van der Waals surface area contributed by atoms with Gasteiger partial charge in [-0.2, -0.15) is 4.98 Å². The Kier molecular flexibility index (Phi) is 7.97. The van der Waals surface area contributed by atoms with E-state index in [0.29, 0.717) is 5.02 Å². The normalized spacial score (nSPS) is 10.1. The predicted molar refractivity (Wildman–Crippen MR) is 107 cm³/mol. The molecule has 0 spiro atoms. The Morgan fingerprint density at radius 2 is 1.57 bits per heavy atom. The van der Waals surface area contributed by atoms with Crippen LogP contribution < -0.4 is 11.1 Å². The third-order valence-electron chi connectivity index (χ3n) is 2.89. The molecule has 0 atom stereocenters. The number of benzene rings is 1. The molecule has 3 N–H and O–H groups in total. The predicted octanol–water partition coefficient (Wildman–Crippen LogP) is 5.20. The average Bonchev–Trinajstić information content (AvgIpc) is 2.63. The van der Waals surface area contributed by atoms with Crippen LogP contribution in [0.5, 0.6) is 0 Å². The highest BCUT2D eigenvalue weighted by molar-refractivity contribution is 6.41. The van der Waals surface area contributed by atoms with Crippen LogP contribution in [0, 0.1) is 5.82 Å². The highest BCUT2D eigenvalue weighted by Gasteiger charge is 2.12. The van der Waals surface area contributed by atoms with Crippen LogP contribution in [0.25, 0.3) is 0 Å². The van der Waals surface area contributed by atoms with Gasteiger partial charge in [0, 0.05) is 0 Å². The molecule has 0 unspecified atom stereocenters. The van der Waals surface area contributed by atoms with E-state index in [4.69, 9.17) is 63.7 Å². The highest BCUT2D eigenvalue weighted by Crippen LogP contribution is 2.26. The Balaban J connectivity index is 0.000000261. The Bertz CT molecular complexity index is 1020. The molecular formula is C15H8Cl5FN6O. The van der Waals surface area contributed by atoms with E-state index in [9.17, 15) is 9.18 Å². The van der Waals surface area contributed by atoms with Crippen molar-refractivity contribution in [3.63, 3.8) is 0 Å². The van der Waals surface area contributed by atoms with Gasteiger partial charge in [-0.05, 0) is 41.4 Å². The van der Waals surface area contributed by atoms with Crippen molar-refractivity contribution in [3.8, 4) is 0 Å². The maximum absolute atomic E-state index is 13.1. The summed E-state index contributed by atoms with van der Waals surface area (Å²) in [5.41, 5.74) is 5.41. The van der Waals surface area contributed by atoms with Gasteiger partial charge in [0.1, 0.15) is 10.8 Å². The van der Waals surface area contributed by atoms with Gasteiger partial charge in [0.05, 0.1) is 28.7 Å². The molecule has 0 radical (unpaired) electrons. The summed E-state index contributed by atoms with van der Waals surface area (Å²) in [5, 5.41) is 3.52. The number of nitrogens with zero attached hydrogens (tertiary/aromatic N) is 4. The van der Waals surface area contributed by atoms with E-state index in [0.717, 1.165) is 6.07 Å². The SMILES string of the molecule is Clc1ncc(Cl)c(Cl)n1.NC(=O)c1cc(F)ccc1Nc1nc(Cl)ncc1Cl. The highest BCUT2D eigenvalue weighted by atomic mass is 35.5. The van der Waals surface area contributed by atoms with E-state index in [1.807, 2.05) is 0 Å². The van der Waals surface area contributed by atoms with Crippen LogP contribution in [0.1, 0.15) is 10.4 Å². The maximum Gasteiger partial charge on any atom is 0.250 e. The first-order chi connectivity index (χ1) is 13.2. The zero-order valence-electron chi connectivity index (χ0n) is 13.4. The molecule has 0 aliphatic rings. The van der Waals surface area contributed by atoms with Gasteiger partial charge >= 0.3 is 0 Å². The Labute approximate surface area is 183 Å². The number of halogens is 6. The number of aromatic nitrogens is 4. The molecule has 0 bridgehead atoms. The Morgan fingerprint density at radius 3 is 2.14 bits per heavy atom. The maximum atomic E-state index is 13.1. The first-order valence-electron chi connectivity index (χ1n) is 7.05. The Hall–Kier alpha value is -1.97. The van der Waals surface area contributed by atoms with Crippen LogP contribution in [-0.4, -0.2) is 25.8 Å². The first-order valence-corrected chi connectivity index (χ1v) is 8.94. The minimum Gasteiger partial charge on any atom is -0.366 e. The molecule has 1 aromatic carbocycles. The van der Waals surface area contributed by atoms with Gasteiger partial charge in [-0.15, -0.1) is 0 Å². The second kappa shape index (κ2) is 9.99. The summed E-state index contributed by atoms with van der Waals surface area (Å²) in [6.45, 7) is 0. The molecule has 0 aliphatic heterocycles. The van der Waals surface area contributed by atoms with Gasteiger partial charge in [0.25, 0.3) is 5.91 Å². The van der Waals surface area contributed by atoms with Crippen LogP contribution in [0.2, 0.25) is 25.8 Å². The number of carbonyl (C=O) groups is 1. The third kappa shape index (κ3) is 6.29. The summed E-state index contributed by atoms with van der Waals surface area (Å²) >= 11 is 27.8. The monoisotopic (exact) mass is 482 g/mol. The average molecular weight is 485 g/mol. The van der Waals surface area contributed by atoms with Crippen molar-refractivity contribution in [3.05, 3.63) is 67.7 Å². The zero-order chi connectivity index (χ0) is 20.8. The standard InChI is InChI=1S/C11H7Cl2FN4O.C4HCl3N2/c12-7-4-16-11(13)18-10(7)17-8-2-1-5(14)3-6(8)9(15)19;5-2-1-8-4(7)9-3(2)6/h1-4H,(H2,15,19)(H,16,17,18);1H. The topological polar surface area (TPSA) is 107 Å². The van der Waals surface area contributed by atoms with Gasteiger partial charge in [0.15, 0.2) is 11.0 Å². The zero-order valence-corrected chi connectivity index (χ0v) is 17.2. The van der Waals surface area contributed by atoms with Crippen LogP contribution in [0.15, 0.2) is 30.6 Å². The Morgan fingerprint density at radius 1 is 0.964 bits per heavy atom. The van der Waals surface area contributed by atoms with Gasteiger partial charge in [-0.25, -0.2) is 19.3 Å². The number of nitrogens with two attached hydrogens (primary N) is 1. The van der Waals surface area contributed by atoms with Crippen LogP contribution in [0.3, 0.4) is 0 Å². The fourth-order valence-electron chi connectivity index (χ4n) is 1.72. The molecule has 28 heavy (non-hydrogen) atoms. The third-order valence-corrected chi connectivity index (χ3v) is 4.19. The lowest BCUT2D eigenvalue weighted by atomic mass is 10.1. The number of amides is 1. The first kappa shape index (κ1) is 22.3. The van der Waals surface area contributed by atoms with Gasteiger partial charge in [-0.3, -0.25) is 4.79 Å². The van der Waals surface area contributed by atoms with E-state index in [1.165, 1.54) is 24.5 Å². The van der Waals surface area contributed by atoms with E-state index in [2.05, 4.69) is 25.3 Å². The fourth-order valence-corrected chi connectivity index (χ4v) is 2.38. The molecule has 2 aromatic heterocycles. The minimum absolute atomic E-state index is 0.0189. The van der Waals surface area contributed by atoms with Crippen LogP contribution in [-0.2, 0) is 0 Å². The van der Waals surface area contributed by atoms with E-state index >= 15 is 0 Å². The quantitative estimate of drug-likeness (QED) is 0.391. The van der Waals surface area contributed by atoms with Crippen molar-refractivity contribution in [1.82, 2.24) is 19.9 Å². The molecule has 7 nitrogen and oxygen atoms in total. The van der Waals surface area contributed by atoms with Crippen molar-refractivity contribution < 1.29 is 9.18 Å². The summed E-state index contributed by atoms with van der Waals surface area (Å²) in [6.07, 6.45) is 2.64. The lowest BCUT2D eigenvalue weighted by Gasteiger charge is -2.10. The van der Waals surface area contributed by atoms with Gasteiger partial charge in [-0.1, -0.05) is 34.8 Å². The molecule has 0 aliphatic carbocycles. The number of hydrogen-bond acceptors (Lipinski definition) is 6. The lowest BCUT2D eigenvalue weighted by molar-refractivity contribution is 0.100. The summed E-state index contributed by atoms with van der Waals surface area (Å²) in [7, 11) is 0. The fraction of sp³-hybridized carbons (Fsp3) is 0. The van der Waals surface area contributed by atoms with E-state index in [-0.39, 0.29) is 37.8 Å². The number of carbonyl (C=O) groups excluding carboxylic acids is 1. The smallest absolute Gasteiger partial charge is 0.250 e. The largest absolute Gasteiger partial charge is 0.366 e. The molecule has 3 rings (SSSR count). The lowest BCUT2D eigenvalue weighted by Crippen LogP contribution is -2.14. The van der Waals surface area contributed by atoms with Crippen molar-refractivity contribution in [2.75, 3.05) is 5.32 Å². The second-order valence-corrected chi connectivity index (χ2v) is 6.64. The van der Waals surface area contributed by atoms with Crippen molar-refractivity contribution in [2.24, 2.45) is 5.73 Å². The molecule has 146 valence electrons. The molecule has 13 heteroatoms. The van der Waals surface area contributed by atoms with E-state index in [1.54, 1.807) is 0 Å². The van der Waals surface area contributed by atoms with Crippen LogP contribution in [0.4, 0.5) is 15.9 Å². The minimum atomic E-state index is -0.779. The number of primary amides is 1. The molecule has 2 heterocycles. The molecule has 1 amide bonds. The molecule has 3 aromatic rings. The van der Waals surface area contributed by atoms with Crippen molar-refractivity contribution in [2.45, 2.75) is 0 Å².